The number of aliphatic carboxylic acids is 1. The minimum Gasteiger partial charge on any atom is -0.481 e. The lowest BCUT2D eigenvalue weighted by Crippen LogP contribution is -2.42. The van der Waals surface area contributed by atoms with Gasteiger partial charge in [0.1, 0.15) is 0 Å². The third kappa shape index (κ3) is 3.98. The summed E-state index contributed by atoms with van der Waals surface area (Å²) < 4.78 is 0. The molecule has 3 atom stereocenters. The van der Waals surface area contributed by atoms with E-state index in [0.717, 1.165) is 38.0 Å². The highest BCUT2D eigenvalue weighted by molar-refractivity contribution is 5.67. The topological polar surface area (TPSA) is 63.3 Å². The molecule has 3 N–H and O–H groups in total. The summed E-state index contributed by atoms with van der Waals surface area (Å²) in [6.45, 7) is 4.30. The third-order valence-electron chi connectivity index (χ3n) is 4.76. The van der Waals surface area contributed by atoms with Crippen LogP contribution in [-0.4, -0.2) is 17.1 Å². The quantitative estimate of drug-likeness (QED) is 0.713. The van der Waals surface area contributed by atoms with Crippen molar-refractivity contribution in [2.45, 2.75) is 77.7 Å². The van der Waals surface area contributed by atoms with Gasteiger partial charge in [0.15, 0.2) is 0 Å². The van der Waals surface area contributed by atoms with Crippen LogP contribution in [0.5, 0.6) is 0 Å². The van der Waals surface area contributed by atoms with Crippen LogP contribution in [0.2, 0.25) is 0 Å². The van der Waals surface area contributed by atoms with E-state index < -0.39 is 5.97 Å². The van der Waals surface area contributed by atoms with Crippen molar-refractivity contribution in [2.24, 2.45) is 17.1 Å². The molecule has 3 nitrogen and oxygen atoms in total. The highest BCUT2D eigenvalue weighted by Gasteiger charge is 2.39. The average molecular weight is 255 g/mol. The Morgan fingerprint density at radius 1 is 1.39 bits per heavy atom. The lowest BCUT2D eigenvalue weighted by Gasteiger charge is -2.37. The van der Waals surface area contributed by atoms with Crippen LogP contribution in [0.15, 0.2) is 0 Å². The molecule has 1 fully saturated rings. The Hall–Kier alpha value is -0.570. The fourth-order valence-corrected chi connectivity index (χ4v) is 3.61. The van der Waals surface area contributed by atoms with E-state index in [2.05, 4.69) is 13.8 Å². The van der Waals surface area contributed by atoms with Gasteiger partial charge in [0.05, 0.1) is 6.42 Å². The van der Waals surface area contributed by atoms with E-state index in [9.17, 15) is 9.90 Å². The summed E-state index contributed by atoms with van der Waals surface area (Å²) in [7, 11) is 0. The van der Waals surface area contributed by atoms with Gasteiger partial charge in [0.2, 0.25) is 0 Å². The van der Waals surface area contributed by atoms with Gasteiger partial charge >= 0.3 is 5.97 Å². The molecule has 0 aliphatic heterocycles. The summed E-state index contributed by atoms with van der Waals surface area (Å²) in [5, 5.41) is 9.18. The van der Waals surface area contributed by atoms with E-state index in [1.165, 1.54) is 19.3 Å². The molecule has 3 unspecified atom stereocenters. The minimum atomic E-state index is -0.687. The predicted molar refractivity (Wildman–Crippen MR) is 74.4 cm³/mol. The number of carboxylic acids is 1. The van der Waals surface area contributed by atoms with Crippen molar-refractivity contribution in [1.82, 2.24) is 0 Å². The fraction of sp³-hybridized carbons (Fsp3) is 0.933. The normalized spacial score (nSPS) is 30.7. The average Bonchev–Trinajstić information content (AvgIpc) is 2.52. The molecule has 18 heavy (non-hydrogen) atoms. The zero-order chi connectivity index (χ0) is 13.6. The second-order valence-corrected chi connectivity index (χ2v) is 6.03. The maximum Gasteiger partial charge on any atom is 0.303 e. The first-order valence-corrected chi connectivity index (χ1v) is 7.51. The molecule has 106 valence electrons. The maximum atomic E-state index is 11.2. The van der Waals surface area contributed by atoms with Crippen LogP contribution in [0, 0.1) is 11.3 Å². The summed E-state index contributed by atoms with van der Waals surface area (Å²) in [6.07, 6.45) is 9.20. The molecule has 0 aromatic carbocycles. The molecule has 0 aromatic rings. The van der Waals surface area contributed by atoms with E-state index >= 15 is 0 Å². The van der Waals surface area contributed by atoms with Crippen LogP contribution in [0.3, 0.4) is 0 Å². The van der Waals surface area contributed by atoms with Gasteiger partial charge in [0, 0.05) is 6.04 Å². The van der Waals surface area contributed by atoms with Crippen LogP contribution in [0.4, 0.5) is 0 Å². The molecular weight excluding hydrogens is 226 g/mol. The Morgan fingerprint density at radius 2 is 2.11 bits per heavy atom. The Morgan fingerprint density at radius 3 is 2.67 bits per heavy atom. The second-order valence-electron chi connectivity index (χ2n) is 6.03. The Kier molecular flexibility index (Phi) is 6.13. The first-order valence-electron chi connectivity index (χ1n) is 7.51. The van der Waals surface area contributed by atoms with E-state index in [0.29, 0.717) is 0 Å². The highest BCUT2D eigenvalue weighted by Crippen LogP contribution is 2.43. The molecule has 0 saturated heterocycles. The van der Waals surface area contributed by atoms with Crippen molar-refractivity contribution in [3.8, 4) is 0 Å². The standard InChI is InChI=1S/C15H29NO2/c1-3-6-12-7-5-9-15(10-8-12,11-14(17)18)13(16)4-2/h12-13H,3-11,16H2,1-2H3,(H,17,18). The predicted octanol–water partition coefficient (Wildman–Crippen LogP) is 3.57. The number of nitrogens with two attached hydrogens (primary N) is 1. The Balaban J connectivity index is 2.74. The lowest BCUT2D eigenvalue weighted by atomic mass is 9.70. The van der Waals surface area contributed by atoms with Gasteiger partial charge in [-0.05, 0) is 37.0 Å². The number of hydrogen-bond acceptors (Lipinski definition) is 2. The smallest absolute Gasteiger partial charge is 0.303 e. The zero-order valence-corrected chi connectivity index (χ0v) is 12.0. The van der Waals surface area contributed by atoms with Gasteiger partial charge in [-0.15, -0.1) is 0 Å². The molecule has 0 heterocycles. The highest BCUT2D eigenvalue weighted by atomic mass is 16.4. The van der Waals surface area contributed by atoms with Crippen LogP contribution < -0.4 is 5.73 Å². The van der Waals surface area contributed by atoms with Gasteiger partial charge in [0.25, 0.3) is 0 Å². The second kappa shape index (κ2) is 7.13. The van der Waals surface area contributed by atoms with Gasteiger partial charge in [-0.2, -0.15) is 0 Å². The number of carboxylic acid groups (broad SMARTS) is 1. The monoisotopic (exact) mass is 255 g/mol. The minimum absolute atomic E-state index is 0.0361. The van der Waals surface area contributed by atoms with Gasteiger partial charge in [-0.3, -0.25) is 4.79 Å². The summed E-state index contributed by atoms with van der Waals surface area (Å²) in [5.41, 5.74) is 6.11. The Bertz CT molecular complexity index is 267. The molecule has 1 rings (SSSR count). The molecule has 0 amide bonds. The van der Waals surface area contributed by atoms with Gasteiger partial charge in [-0.1, -0.05) is 39.5 Å². The van der Waals surface area contributed by atoms with E-state index in [1.807, 2.05) is 0 Å². The summed E-state index contributed by atoms with van der Waals surface area (Å²) in [5.74, 6) is 0.0996. The molecular formula is C15H29NO2. The molecule has 0 spiro atoms. The molecule has 0 radical (unpaired) electrons. The first-order chi connectivity index (χ1) is 8.54. The molecule has 1 aliphatic rings. The lowest BCUT2D eigenvalue weighted by molar-refractivity contribution is -0.140. The number of carbonyl (C=O) groups is 1. The zero-order valence-electron chi connectivity index (χ0n) is 12.0. The van der Waals surface area contributed by atoms with Gasteiger partial charge in [-0.25, -0.2) is 0 Å². The van der Waals surface area contributed by atoms with Crippen molar-refractivity contribution in [3.05, 3.63) is 0 Å². The van der Waals surface area contributed by atoms with E-state index in [-0.39, 0.29) is 17.9 Å². The van der Waals surface area contributed by atoms with Crippen LogP contribution in [-0.2, 0) is 4.79 Å². The molecule has 1 saturated carbocycles. The van der Waals surface area contributed by atoms with Crippen LogP contribution in [0.1, 0.15) is 71.6 Å². The van der Waals surface area contributed by atoms with Crippen LogP contribution >= 0.6 is 0 Å². The van der Waals surface area contributed by atoms with Crippen LogP contribution in [0.25, 0.3) is 0 Å². The number of hydrogen-bond donors (Lipinski definition) is 2. The molecule has 3 heteroatoms. The largest absolute Gasteiger partial charge is 0.481 e. The Labute approximate surface area is 111 Å². The van der Waals surface area contributed by atoms with Gasteiger partial charge < -0.3 is 10.8 Å². The fourth-order valence-electron chi connectivity index (χ4n) is 3.61. The van der Waals surface area contributed by atoms with E-state index in [1.54, 1.807) is 0 Å². The van der Waals surface area contributed by atoms with E-state index in [4.69, 9.17) is 5.73 Å². The summed E-state index contributed by atoms with van der Waals surface area (Å²) >= 11 is 0. The van der Waals surface area contributed by atoms with Crippen molar-refractivity contribution in [1.29, 1.82) is 0 Å². The van der Waals surface area contributed by atoms with Crippen molar-refractivity contribution < 1.29 is 9.90 Å². The first kappa shape index (κ1) is 15.5. The molecule has 0 bridgehead atoms. The summed E-state index contributed by atoms with van der Waals surface area (Å²) in [4.78, 5) is 11.2. The van der Waals surface area contributed by atoms with Crippen molar-refractivity contribution in [2.75, 3.05) is 0 Å². The van der Waals surface area contributed by atoms with Crippen molar-refractivity contribution in [3.63, 3.8) is 0 Å². The summed E-state index contributed by atoms with van der Waals surface area (Å²) in [6, 6.07) is 0.0361. The van der Waals surface area contributed by atoms with Crippen molar-refractivity contribution >= 4 is 5.97 Å². The third-order valence-corrected chi connectivity index (χ3v) is 4.76. The molecule has 1 aliphatic carbocycles. The SMILES string of the molecule is CCCC1CCCC(CC(=O)O)(C(N)CC)CC1. The number of rotatable bonds is 6. The molecule has 0 aromatic heterocycles. The maximum absolute atomic E-state index is 11.2.